The summed E-state index contributed by atoms with van der Waals surface area (Å²) in [4.78, 5) is 12.3. The fraction of sp³-hybridized carbons (Fsp3) is 0.375. The van der Waals surface area contributed by atoms with E-state index in [0.717, 1.165) is 29.3 Å². The summed E-state index contributed by atoms with van der Waals surface area (Å²) in [5.74, 6) is 1.38. The van der Waals surface area contributed by atoms with Crippen molar-refractivity contribution >= 4 is 17.3 Å². The molecule has 29 heavy (non-hydrogen) atoms. The smallest absolute Gasteiger partial charge is 0.243 e. The number of anilines is 2. The lowest BCUT2D eigenvalue weighted by molar-refractivity contribution is -0.114. The molecule has 0 unspecified atom stereocenters. The second-order valence-corrected chi connectivity index (χ2v) is 6.82. The molecule has 0 heterocycles. The molecule has 0 aliphatic heterocycles. The van der Waals surface area contributed by atoms with Crippen molar-refractivity contribution in [1.29, 1.82) is 0 Å². The zero-order chi connectivity index (χ0) is 20.7. The van der Waals surface area contributed by atoms with Crippen LogP contribution in [0.2, 0.25) is 0 Å². The molecule has 0 saturated carbocycles. The van der Waals surface area contributed by atoms with Gasteiger partial charge in [0.15, 0.2) is 0 Å². The predicted octanol–water partition coefficient (Wildman–Crippen LogP) is 5.65. The maximum absolute atomic E-state index is 12.3. The monoisotopic (exact) mass is 396 g/mol. The van der Waals surface area contributed by atoms with Gasteiger partial charge in [0.1, 0.15) is 18.1 Å². The summed E-state index contributed by atoms with van der Waals surface area (Å²) in [5, 5.41) is 6.00. The van der Waals surface area contributed by atoms with E-state index in [-0.39, 0.29) is 12.5 Å². The van der Waals surface area contributed by atoms with Gasteiger partial charge in [-0.1, -0.05) is 57.4 Å². The molecule has 2 N–H and O–H groups in total. The highest BCUT2D eigenvalue weighted by Crippen LogP contribution is 2.19. The Morgan fingerprint density at radius 2 is 1.66 bits per heavy atom. The number of unbranched alkanes of at least 4 members (excludes halogenated alkanes) is 4. The topological polar surface area (TPSA) is 59.6 Å². The van der Waals surface area contributed by atoms with E-state index in [4.69, 9.17) is 9.47 Å². The highest BCUT2D eigenvalue weighted by molar-refractivity contribution is 5.93. The highest BCUT2D eigenvalue weighted by Gasteiger charge is 2.04. The van der Waals surface area contributed by atoms with Gasteiger partial charge in [0.25, 0.3) is 0 Å². The summed E-state index contributed by atoms with van der Waals surface area (Å²) < 4.78 is 11.3. The molecule has 1 amide bonds. The Morgan fingerprint density at radius 1 is 0.966 bits per heavy atom. The first-order valence-electron chi connectivity index (χ1n) is 10.3. The fourth-order valence-electron chi connectivity index (χ4n) is 2.80. The van der Waals surface area contributed by atoms with Crippen molar-refractivity contribution < 1.29 is 14.3 Å². The minimum Gasteiger partial charge on any atom is -0.494 e. The molecule has 2 rings (SSSR count). The van der Waals surface area contributed by atoms with Crippen LogP contribution in [0.5, 0.6) is 11.5 Å². The number of hydrogen-bond donors (Lipinski definition) is 2. The third-order valence-electron chi connectivity index (χ3n) is 4.29. The second-order valence-electron chi connectivity index (χ2n) is 6.82. The van der Waals surface area contributed by atoms with Crippen molar-refractivity contribution in [2.45, 2.75) is 39.0 Å². The number of carbonyl (C=O) groups is 1. The number of amides is 1. The zero-order valence-electron chi connectivity index (χ0n) is 17.3. The molecular weight excluding hydrogens is 364 g/mol. The molecular formula is C24H32N2O3. The summed E-state index contributed by atoms with van der Waals surface area (Å²) in [6, 6.07) is 15.0. The van der Waals surface area contributed by atoms with Crippen molar-refractivity contribution in [3.05, 3.63) is 61.2 Å². The van der Waals surface area contributed by atoms with Gasteiger partial charge in [-0.3, -0.25) is 4.79 Å². The van der Waals surface area contributed by atoms with Crippen LogP contribution in [0.4, 0.5) is 11.4 Å². The van der Waals surface area contributed by atoms with Crippen molar-refractivity contribution in [1.82, 2.24) is 0 Å². The standard InChI is InChI=1S/C24H32N2O3/c1-3-5-6-7-8-16-29-23-14-10-12-21(18-23)26-24(27)19-25-20-11-9-13-22(17-20)28-15-4-2/h4,9-14,17-18,25H,2-3,5-8,15-16,19H2,1H3,(H,26,27). The van der Waals surface area contributed by atoms with Gasteiger partial charge in [0, 0.05) is 23.5 Å². The van der Waals surface area contributed by atoms with Crippen LogP contribution in [0.1, 0.15) is 39.0 Å². The minimum absolute atomic E-state index is 0.126. The van der Waals surface area contributed by atoms with Crippen molar-refractivity contribution in [3.63, 3.8) is 0 Å². The van der Waals surface area contributed by atoms with E-state index in [0.29, 0.717) is 13.2 Å². The van der Waals surface area contributed by atoms with Crippen LogP contribution < -0.4 is 20.1 Å². The third-order valence-corrected chi connectivity index (χ3v) is 4.29. The van der Waals surface area contributed by atoms with Crippen molar-refractivity contribution in [2.24, 2.45) is 0 Å². The third kappa shape index (κ3) is 9.19. The molecule has 0 fully saturated rings. The molecule has 0 atom stereocenters. The average molecular weight is 397 g/mol. The Bertz CT molecular complexity index is 761. The number of benzene rings is 2. The van der Waals surface area contributed by atoms with E-state index in [1.807, 2.05) is 48.5 Å². The van der Waals surface area contributed by atoms with E-state index >= 15 is 0 Å². The van der Waals surface area contributed by atoms with Gasteiger partial charge in [0.2, 0.25) is 5.91 Å². The molecule has 0 radical (unpaired) electrons. The number of nitrogens with one attached hydrogen (secondary N) is 2. The van der Waals surface area contributed by atoms with E-state index in [1.165, 1.54) is 25.7 Å². The normalized spacial score (nSPS) is 10.2. The van der Waals surface area contributed by atoms with Gasteiger partial charge < -0.3 is 20.1 Å². The SMILES string of the molecule is C=CCOc1cccc(NCC(=O)Nc2cccc(OCCCCCCC)c2)c1. The van der Waals surface area contributed by atoms with Gasteiger partial charge in [-0.25, -0.2) is 0 Å². The minimum atomic E-state index is -0.126. The fourth-order valence-corrected chi connectivity index (χ4v) is 2.80. The Morgan fingerprint density at radius 3 is 2.41 bits per heavy atom. The van der Waals surface area contributed by atoms with E-state index in [9.17, 15) is 4.79 Å². The largest absolute Gasteiger partial charge is 0.494 e. The molecule has 0 spiro atoms. The summed E-state index contributed by atoms with van der Waals surface area (Å²) in [5.41, 5.74) is 1.55. The number of hydrogen-bond acceptors (Lipinski definition) is 4. The number of rotatable bonds is 14. The Labute approximate surface area is 174 Å². The summed E-state index contributed by atoms with van der Waals surface area (Å²) in [6.07, 6.45) is 7.71. The molecule has 2 aromatic rings. The van der Waals surface area contributed by atoms with Crippen LogP contribution in [0.15, 0.2) is 61.2 Å². The molecule has 2 aromatic carbocycles. The van der Waals surface area contributed by atoms with Gasteiger partial charge in [0.05, 0.1) is 13.2 Å². The van der Waals surface area contributed by atoms with Gasteiger partial charge in [-0.05, 0) is 30.7 Å². The molecule has 5 heteroatoms. The second kappa shape index (κ2) is 13.3. The molecule has 0 aliphatic rings. The number of carbonyl (C=O) groups excluding carboxylic acids is 1. The summed E-state index contributed by atoms with van der Waals surface area (Å²) in [6.45, 7) is 7.15. The van der Waals surface area contributed by atoms with Gasteiger partial charge in [-0.2, -0.15) is 0 Å². The summed E-state index contributed by atoms with van der Waals surface area (Å²) >= 11 is 0. The van der Waals surface area contributed by atoms with Crippen LogP contribution in [0, 0.1) is 0 Å². The lowest BCUT2D eigenvalue weighted by Gasteiger charge is -2.11. The van der Waals surface area contributed by atoms with Crippen molar-refractivity contribution in [2.75, 3.05) is 30.4 Å². The van der Waals surface area contributed by atoms with Gasteiger partial charge in [-0.15, -0.1) is 0 Å². The molecule has 156 valence electrons. The molecule has 0 aliphatic carbocycles. The van der Waals surface area contributed by atoms with Crippen LogP contribution >= 0.6 is 0 Å². The zero-order valence-corrected chi connectivity index (χ0v) is 17.3. The maximum atomic E-state index is 12.3. The average Bonchev–Trinajstić information content (AvgIpc) is 2.74. The van der Waals surface area contributed by atoms with Crippen LogP contribution in [-0.4, -0.2) is 25.7 Å². The lowest BCUT2D eigenvalue weighted by Crippen LogP contribution is -2.21. The first-order valence-corrected chi connectivity index (χ1v) is 10.3. The quantitative estimate of drug-likeness (QED) is 0.320. The first-order chi connectivity index (χ1) is 14.2. The van der Waals surface area contributed by atoms with E-state index in [2.05, 4.69) is 24.1 Å². The molecule has 0 saturated heterocycles. The van der Waals surface area contributed by atoms with E-state index in [1.54, 1.807) is 6.08 Å². The maximum Gasteiger partial charge on any atom is 0.243 e. The highest BCUT2D eigenvalue weighted by atomic mass is 16.5. The van der Waals surface area contributed by atoms with Crippen LogP contribution in [-0.2, 0) is 4.79 Å². The Kier molecular flexibility index (Phi) is 10.2. The lowest BCUT2D eigenvalue weighted by atomic mass is 10.2. The molecule has 0 bridgehead atoms. The predicted molar refractivity (Wildman–Crippen MR) is 120 cm³/mol. The van der Waals surface area contributed by atoms with Gasteiger partial charge >= 0.3 is 0 Å². The Hall–Kier alpha value is -2.95. The molecule has 0 aromatic heterocycles. The first kappa shape index (κ1) is 22.3. The van der Waals surface area contributed by atoms with E-state index < -0.39 is 0 Å². The van der Waals surface area contributed by atoms with Crippen LogP contribution in [0.3, 0.4) is 0 Å². The van der Waals surface area contributed by atoms with Crippen LogP contribution in [0.25, 0.3) is 0 Å². The molecule has 5 nitrogen and oxygen atoms in total. The number of ether oxygens (including phenoxy) is 2. The summed E-state index contributed by atoms with van der Waals surface area (Å²) in [7, 11) is 0. The Balaban J connectivity index is 1.75. The van der Waals surface area contributed by atoms with Crippen molar-refractivity contribution in [3.8, 4) is 11.5 Å².